The van der Waals surface area contributed by atoms with E-state index in [0.29, 0.717) is 13.1 Å². The Kier molecular flexibility index (Phi) is 13.3. The van der Waals surface area contributed by atoms with Gasteiger partial charge in [0.2, 0.25) is 5.91 Å². The molecule has 2 rings (SSSR count). The lowest BCUT2D eigenvalue weighted by Crippen LogP contribution is -2.44. The van der Waals surface area contributed by atoms with Gasteiger partial charge in [0.1, 0.15) is 5.82 Å². The third-order valence-corrected chi connectivity index (χ3v) is 3.90. The number of nitrogens with zero attached hydrogens (tertiary/aromatic N) is 3. The first-order chi connectivity index (χ1) is 10.1. The number of carbonyl (C=O) groups excluding carboxylic acids is 1. The van der Waals surface area contributed by atoms with E-state index in [1.54, 1.807) is 0 Å². The molecule has 1 amide bonds. The van der Waals surface area contributed by atoms with Crippen molar-refractivity contribution in [2.45, 2.75) is 13.5 Å². The van der Waals surface area contributed by atoms with Crippen LogP contribution < -0.4 is 16.0 Å². The van der Waals surface area contributed by atoms with Gasteiger partial charge >= 0.3 is 0 Å². The number of carbonyl (C=O) groups is 1. The van der Waals surface area contributed by atoms with Crippen LogP contribution in [0.5, 0.6) is 0 Å². The number of amides is 1. The number of rotatable bonds is 5. The van der Waals surface area contributed by atoms with Crippen LogP contribution in [0.2, 0.25) is 0 Å². The lowest BCUT2D eigenvalue weighted by atomic mass is 10.1. The zero-order valence-corrected chi connectivity index (χ0v) is 16.6. The lowest BCUT2D eigenvalue weighted by Gasteiger charge is -2.33. The summed E-state index contributed by atoms with van der Waals surface area (Å²) in [5, 5.41) is 2.88. The molecule has 1 aliphatic rings. The van der Waals surface area contributed by atoms with Crippen molar-refractivity contribution in [2.24, 2.45) is 11.7 Å². The standard InChI is InChI=1S/C15H25N5O.3ClH/c1-12(9-16)15(21)18-11-13-3-4-14(17-10-13)20-7-5-19(2)6-8-20;;;/h3-4,10,12H,5-9,11,16H2,1-2H3,(H,18,21);3*1H. The molecule has 0 aromatic carbocycles. The highest BCUT2D eigenvalue weighted by atomic mass is 35.5. The van der Waals surface area contributed by atoms with Gasteiger partial charge < -0.3 is 20.9 Å². The first kappa shape index (κ1) is 25.5. The summed E-state index contributed by atoms with van der Waals surface area (Å²) in [6, 6.07) is 4.05. The summed E-state index contributed by atoms with van der Waals surface area (Å²) in [7, 11) is 2.14. The number of pyridine rings is 1. The van der Waals surface area contributed by atoms with Crippen molar-refractivity contribution in [3.63, 3.8) is 0 Å². The zero-order chi connectivity index (χ0) is 15.2. The van der Waals surface area contributed by atoms with Crippen molar-refractivity contribution in [1.29, 1.82) is 0 Å². The molecule has 0 saturated carbocycles. The van der Waals surface area contributed by atoms with Crippen molar-refractivity contribution >= 4 is 48.9 Å². The SMILES string of the molecule is CC(CN)C(=O)NCc1ccc(N2CCN(C)CC2)nc1.Cl.Cl.Cl. The maximum absolute atomic E-state index is 11.7. The maximum Gasteiger partial charge on any atom is 0.224 e. The average Bonchev–Trinajstić information content (AvgIpc) is 2.53. The molecule has 1 atom stereocenters. The van der Waals surface area contributed by atoms with E-state index in [-0.39, 0.29) is 49.0 Å². The highest BCUT2D eigenvalue weighted by Gasteiger charge is 2.15. The van der Waals surface area contributed by atoms with Crippen molar-refractivity contribution in [3.8, 4) is 0 Å². The summed E-state index contributed by atoms with van der Waals surface area (Å²) in [4.78, 5) is 20.8. The molecule has 0 radical (unpaired) electrons. The molecule has 1 unspecified atom stereocenters. The Morgan fingerprint density at radius 2 is 1.88 bits per heavy atom. The predicted octanol–water partition coefficient (Wildman–Crippen LogP) is 1.31. The summed E-state index contributed by atoms with van der Waals surface area (Å²) in [5.74, 6) is 0.844. The minimum absolute atomic E-state index is 0. The monoisotopic (exact) mass is 399 g/mol. The number of piperazine rings is 1. The number of hydrogen-bond donors (Lipinski definition) is 2. The van der Waals surface area contributed by atoms with Crippen LogP contribution in [0.3, 0.4) is 0 Å². The molecule has 0 spiro atoms. The van der Waals surface area contributed by atoms with Gasteiger partial charge in [-0.05, 0) is 18.7 Å². The van der Waals surface area contributed by atoms with Gasteiger partial charge in [-0.25, -0.2) is 4.98 Å². The Labute approximate surface area is 162 Å². The van der Waals surface area contributed by atoms with Crippen molar-refractivity contribution in [3.05, 3.63) is 23.9 Å². The van der Waals surface area contributed by atoms with E-state index >= 15 is 0 Å². The first-order valence-corrected chi connectivity index (χ1v) is 7.46. The molecule has 6 nitrogen and oxygen atoms in total. The smallest absolute Gasteiger partial charge is 0.224 e. The van der Waals surface area contributed by atoms with Gasteiger partial charge in [0, 0.05) is 51.4 Å². The van der Waals surface area contributed by atoms with Gasteiger partial charge in [0.05, 0.1) is 0 Å². The average molecular weight is 401 g/mol. The van der Waals surface area contributed by atoms with Crippen LogP contribution in [-0.2, 0) is 11.3 Å². The van der Waals surface area contributed by atoms with Gasteiger partial charge in [-0.3, -0.25) is 4.79 Å². The first-order valence-electron chi connectivity index (χ1n) is 7.46. The molecule has 1 aromatic rings. The molecule has 1 fully saturated rings. The van der Waals surface area contributed by atoms with Crippen LogP contribution in [0.15, 0.2) is 18.3 Å². The van der Waals surface area contributed by atoms with Crippen LogP contribution in [0.25, 0.3) is 0 Å². The quantitative estimate of drug-likeness (QED) is 0.779. The van der Waals surface area contributed by atoms with E-state index in [0.717, 1.165) is 37.6 Å². The van der Waals surface area contributed by atoms with Gasteiger partial charge in [-0.1, -0.05) is 13.0 Å². The molecule has 9 heteroatoms. The molecule has 1 aromatic heterocycles. The lowest BCUT2D eigenvalue weighted by molar-refractivity contribution is -0.124. The second-order valence-electron chi connectivity index (χ2n) is 5.67. The molecule has 140 valence electrons. The Morgan fingerprint density at radius 1 is 1.25 bits per heavy atom. The Bertz CT molecular complexity index is 467. The highest BCUT2D eigenvalue weighted by molar-refractivity contribution is 5.86. The number of halogens is 3. The van der Waals surface area contributed by atoms with Crippen LogP contribution in [0.1, 0.15) is 12.5 Å². The van der Waals surface area contributed by atoms with Gasteiger partial charge in [0.15, 0.2) is 0 Å². The van der Waals surface area contributed by atoms with E-state index in [9.17, 15) is 4.79 Å². The predicted molar refractivity (Wildman–Crippen MR) is 106 cm³/mol. The zero-order valence-electron chi connectivity index (χ0n) is 14.1. The Balaban J connectivity index is 0. The molecular weight excluding hydrogens is 373 g/mol. The molecule has 3 N–H and O–H groups in total. The summed E-state index contributed by atoms with van der Waals surface area (Å²) >= 11 is 0. The minimum Gasteiger partial charge on any atom is -0.354 e. The van der Waals surface area contributed by atoms with Crippen molar-refractivity contribution in [1.82, 2.24) is 15.2 Å². The third kappa shape index (κ3) is 7.40. The maximum atomic E-state index is 11.7. The van der Waals surface area contributed by atoms with Crippen molar-refractivity contribution in [2.75, 3.05) is 44.7 Å². The summed E-state index contributed by atoms with van der Waals surface area (Å²) in [6.07, 6.45) is 1.83. The fraction of sp³-hybridized carbons (Fsp3) is 0.600. The molecule has 1 aliphatic heterocycles. The molecule has 0 aliphatic carbocycles. The number of likely N-dealkylation sites (N-methyl/N-ethyl adjacent to an activating group) is 1. The molecule has 0 bridgehead atoms. The van der Waals surface area contributed by atoms with Gasteiger partial charge in [-0.2, -0.15) is 0 Å². The fourth-order valence-corrected chi connectivity index (χ4v) is 2.21. The second-order valence-corrected chi connectivity index (χ2v) is 5.67. The number of nitrogens with one attached hydrogen (secondary N) is 1. The summed E-state index contributed by atoms with van der Waals surface area (Å²) < 4.78 is 0. The van der Waals surface area contributed by atoms with Crippen LogP contribution in [-0.4, -0.2) is 55.6 Å². The normalized spacial score (nSPS) is 15.4. The topological polar surface area (TPSA) is 74.5 Å². The molecule has 1 saturated heterocycles. The summed E-state index contributed by atoms with van der Waals surface area (Å²) in [6.45, 7) is 6.84. The second kappa shape index (κ2) is 12.6. The largest absolute Gasteiger partial charge is 0.354 e. The highest BCUT2D eigenvalue weighted by Crippen LogP contribution is 2.13. The number of hydrogen-bond acceptors (Lipinski definition) is 5. The third-order valence-electron chi connectivity index (χ3n) is 3.90. The van der Waals surface area contributed by atoms with Crippen molar-refractivity contribution < 1.29 is 4.79 Å². The van der Waals surface area contributed by atoms with E-state index < -0.39 is 0 Å². The molecular formula is C15H28Cl3N5O. The van der Waals surface area contributed by atoms with Crippen LogP contribution in [0, 0.1) is 5.92 Å². The number of anilines is 1. The van der Waals surface area contributed by atoms with E-state index in [4.69, 9.17) is 5.73 Å². The van der Waals surface area contributed by atoms with E-state index in [1.807, 2.05) is 25.3 Å². The van der Waals surface area contributed by atoms with E-state index in [1.165, 1.54) is 0 Å². The van der Waals surface area contributed by atoms with Gasteiger partial charge in [0.25, 0.3) is 0 Å². The van der Waals surface area contributed by atoms with Crippen LogP contribution in [0.4, 0.5) is 5.82 Å². The number of nitrogens with two attached hydrogens (primary N) is 1. The van der Waals surface area contributed by atoms with Gasteiger partial charge in [-0.15, -0.1) is 37.2 Å². The minimum atomic E-state index is -0.150. The number of aromatic nitrogens is 1. The fourth-order valence-electron chi connectivity index (χ4n) is 2.21. The molecule has 2 heterocycles. The van der Waals surface area contributed by atoms with E-state index in [2.05, 4.69) is 27.1 Å². The Morgan fingerprint density at radius 3 is 2.38 bits per heavy atom. The Hall–Kier alpha value is -0.790. The molecule has 24 heavy (non-hydrogen) atoms. The van der Waals surface area contributed by atoms with Crippen LogP contribution >= 0.6 is 37.2 Å². The summed E-state index contributed by atoms with van der Waals surface area (Å²) in [5.41, 5.74) is 6.48.